The number of Topliss-reactive ketones (excluding diaryl/α,β-unsaturated/α-hetero) is 2. The molecular weight excluding hydrogens is 975 g/mol. The Hall–Kier alpha value is -5.35. The van der Waals surface area contributed by atoms with E-state index < -0.39 is 120 Å². The zero-order valence-electron chi connectivity index (χ0n) is 46.1. The van der Waals surface area contributed by atoms with Crippen molar-refractivity contribution in [3.63, 3.8) is 0 Å². The molecule has 9 atom stereocenters. The van der Waals surface area contributed by atoms with Gasteiger partial charge >= 0.3 is 0 Å². The monoisotopic (exact) mass is 1070 g/mol. The highest BCUT2D eigenvalue weighted by Crippen LogP contribution is 2.20. The fourth-order valence-corrected chi connectivity index (χ4v) is 9.28. The van der Waals surface area contributed by atoms with Crippen LogP contribution in [0.3, 0.4) is 0 Å². The van der Waals surface area contributed by atoms with Crippen molar-refractivity contribution in [1.82, 2.24) is 37.2 Å². The Morgan fingerprint density at radius 1 is 0.605 bits per heavy atom. The molecule has 7 amide bonds. The van der Waals surface area contributed by atoms with Gasteiger partial charge in [0.05, 0.1) is 24.6 Å². The first kappa shape index (κ1) is 66.8. The van der Waals surface area contributed by atoms with Crippen molar-refractivity contribution < 1.29 is 48.3 Å². The predicted molar refractivity (Wildman–Crippen MR) is 292 cm³/mol. The van der Waals surface area contributed by atoms with Crippen molar-refractivity contribution in [2.75, 3.05) is 32.7 Å². The molecule has 1 aliphatic heterocycles. The van der Waals surface area contributed by atoms with Crippen LogP contribution in [0, 0.1) is 23.7 Å². The van der Waals surface area contributed by atoms with Gasteiger partial charge in [0.2, 0.25) is 41.4 Å². The first-order chi connectivity index (χ1) is 36.3. The molecule has 1 heterocycles. The Kier molecular flexibility index (Phi) is 32.9. The van der Waals surface area contributed by atoms with Crippen LogP contribution in [0.4, 0.5) is 0 Å². The Morgan fingerprint density at radius 3 is 1.64 bits per heavy atom. The number of nitrogens with one attached hydrogen (secondary N) is 7. The molecule has 16 N–H and O–H groups in total. The normalized spacial score (nSPS) is 22.9. The third kappa shape index (κ3) is 26.1. The first-order valence-electron chi connectivity index (χ1n) is 27.9. The topological polar surface area (TPSA) is 362 Å². The van der Waals surface area contributed by atoms with Gasteiger partial charge in [-0.1, -0.05) is 110 Å². The molecule has 76 heavy (non-hydrogen) atoms. The van der Waals surface area contributed by atoms with Crippen LogP contribution in [0.15, 0.2) is 30.3 Å². The Bertz CT molecular complexity index is 1960. The van der Waals surface area contributed by atoms with Gasteiger partial charge in [0.1, 0.15) is 24.2 Å². The molecule has 430 valence electrons. The number of hydrogen-bond acceptors (Lipinski definition) is 14. The van der Waals surface area contributed by atoms with Crippen LogP contribution in [0.25, 0.3) is 0 Å². The fraction of sp³-hybridized carbons (Fsp3) is 0.727. The molecule has 2 rings (SSSR count). The summed E-state index contributed by atoms with van der Waals surface area (Å²) in [7, 11) is 0. The lowest BCUT2D eigenvalue weighted by molar-refractivity contribution is -0.136. The zero-order chi connectivity index (χ0) is 56.6. The molecule has 21 nitrogen and oxygen atoms in total. The molecule has 21 heteroatoms. The van der Waals surface area contributed by atoms with Crippen LogP contribution in [0.5, 0.6) is 0 Å². The van der Waals surface area contributed by atoms with E-state index in [4.69, 9.17) is 22.9 Å². The van der Waals surface area contributed by atoms with Crippen LogP contribution >= 0.6 is 0 Å². The summed E-state index contributed by atoms with van der Waals surface area (Å²) in [5, 5.41) is 29.9. The highest BCUT2D eigenvalue weighted by atomic mass is 16.3. The fourth-order valence-electron chi connectivity index (χ4n) is 9.28. The smallest absolute Gasteiger partial charge is 0.243 e. The second-order valence-electron chi connectivity index (χ2n) is 21.3. The van der Waals surface area contributed by atoms with Gasteiger partial charge in [-0.3, -0.25) is 43.2 Å². The van der Waals surface area contributed by atoms with Crippen molar-refractivity contribution >= 4 is 52.9 Å². The number of carbonyl (C=O) groups excluding carboxylic acids is 9. The predicted octanol–water partition coefficient (Wildman–Crippen LogP) is 1.19. The molecule has 1 fully saturated rings. The molecule has 1 aliphatic rings. The second kappa shape index (κ2) is 37.4. The molecule has 0 radical (unpaired) electrons. The number of rotatable bonds is 28. The zero-order valence-corrected chi connectivity index (χ0v) is 46.1. The maximum Gasteiger partial charge on any atom is 0.243 e. The van der Waals surface area contributed by atoms with E-state index in [1.807, 2.05) is 27.7 Å². The third-order valence-electron chi connectivity index (χ3n) is 13.5. The van der Waals surface area contributed by atoms with Crippen molar-refractivity contribution in [3.05, 3.63) is 35.9 Å². The number of nitrogens with two attached hydrogens (primary N) is 4. The number of carbonyl (C=O) groups is 9. The largest absolute Gasteiger partial charge is 0.393 e. The van der Waals surface area contributed by atoms with Crippen LogP contribution in [-0.4, -0.2) is 133 Å². The molecule has 0 aromatic heterocycles. The van der Waals surface area contributed by atoms with E-state index in [1.165, 1.54) is 6.42 Å². The average Bonchev–Trinajstić information content (AvgIpc) is 3.36. The number of benzene rings is 1. The average molecular weight is 1070 g/mol. The Balaban J connectivity index is 2.64. The van der Waals surface area contributed by atoms with Gasteiger partial charge in [0.25, 0.3) is 0 Å². The maximum atomic E-state index is 14.5. The van der Waals surface area contributed by atoms with Crippen molar-refractivity contribution in [2.45, 2.75) is 199 Å². The first-order valence-corrected chi connectivity index (χ1v) is 27.9. The summed E-state index contributed by atoms with van der Waals surface area (Å²) in [5.41, 5.74) is 24.5. The lowest BCUT2D eigenvalue weighted by Crippen LogP contribution is -2.59. The highest BCUT2D eigenvalue weighted by molar-refractivity contribution is 5.98. The minimum atomic E-state index is -1.24. The SMILES string of the molecule is CCCCCCCCCC(O)CC(=O)N[C@H](CCN)C(=O)C[C@H]1CCNC(=O)[C@H](CC(C)C)NC(=O)[C@H](CCN)NC(=O)[C@H](CCN)NC(=O)[C@H](CC(C)C)NC(=O)[C@@H](Cc2ccccc2)CC(=O)[C@H](CCN)NC1=O. The van der Waals surface area contributed by atoms with E-state index >= 15 is 0 Å². The maximum absolute atomic E-state index is 14.5. The summed E-state index contributed by atoms with van der Waals surface area (Å²) < 4.78 is 0. The minimum Gasteiger partial charge on any atom is -0.393 e. The van der Waals surface area contributed by atoms with E-state index in [-0.39, 0.29) is 102 Å². The Labute approximate surface area is 451 Å². The molecule has 1 aromatic rings. The van der Waals surface area contributed by atoms with Gasteiger partial charge in [0, 0.05) is 31.2 Å². The highest BCUT2D eigenvalue weighted by Gasteiger charge is 2.36. The van der Waals surface area contributed by atoms with Gasteiger partial charge in [-0.2, -0.15) is 0 Å². The molecule has 0 bridgehead atoms. The minimum absolute atomic E-state index is 0.00490. The van der Waals surface area contributed by atoms with Gasteiger partial charge in [-0.05, 0) is 101 Å². The van der Waals surface area contributed by atoms with E-state index in [0.29, 0.717) is 12.0 Å². The van der Waals surface area contributed by atoms with Crippen LogP contribution in [0.2, 0.25) is 0 Å². The summed E-state index contributed by atoms with van der Waals surface area (Å²) in [5.74, 6) is -8.29. The van der Waals surface area contributed by atoms with Crippen molar-refractivity contribution in [3.8, 4) is 0 Å². The quantitative estimate of drug-likeness (QED) is 0.0525. The number of ketones is 2. The number of amides is 7. The van der Waals surface area contributed by atoms with Crippen LogP contribution < -0.4 is 60.2 Å². The van der Waals surface area contributed by atoms with Crippen molar-refractivity contribution in [1.29, 1.82) is 0 Å². The number of aliphatic hydroxyl groups excluding tert-OH is 1. The van der Waals surface area contributed by atoms with Crippen LogP contribution in [-0.2, 0) is 49.6 Å². The lowest BCUT2D eigenvalue weighted by Gasteiger charge is -2.28. The summed E-state index contributed by atoms with van der Waals surface area (Å²) in [4.78, 5) is 127. The van der Waals surface area contributed by atoms with E-state index in [1.54, 1.807) is 30.3 Å². The molecular formula is C55H95N11O10. The third-order valence-corrected chi connectivity index (χ3v) is 13.5. The molecule has 1 unspecified atom stereocenters. The van der Waals surface area contributed by atoms with E-state index in [0.717, 1.165) is 38.5 Å². The number of aliphatic hydroxyl groups is 1. The summed E-state index contributed by atoms with van der Waals surface area (Å²) in [6, 6.07) is 1.81. The second-order valence-corrected chi connectivity index (χ2v) is 21.3. The van der Waals surface area contributed by atoms with E-state index in [9.17, 15) is 48.3 Å². The van der Waals surface area contributed by atoms with Gasteiger partial charge in [-0.15, -0.1) is 0 Å². The Morgan fingerprint density at radius 2 is 1.09 bits per heavy atom. The van der Waals surface area contributed by atoms with E-state index in [2.05, 4.69) is 44.1 Å². The summed E-state index contributed by atoms with van der Waals surface area (Å²) in [6.45, 7) is 9.26. The van der Waals surface area contributed by atoms with Gasteiger partial charge in [-0.25, -0.2) is 0 Å². The summed E-state index contributed by atoms with van der Waals surface area (Å²) in [6.07, 6.45) is 5.89. The molecule has 1 aromatic carbocycles. The van der Waals surface area contributed by atoms with Gasteiger partial charge in [0.15, 0.2) is 11.6 Å². The summed E-state index contributed by atoms with van der Waals surface area (Å²) >= 11 is 0. The number of unbranched alkanes of at least 4 members (excludes halogenated alkanes) is 6. The lowest BCUT2D eigenvalue weighted by atomic mass is 9.89. The molecule has 0 saturated carbocycles. The molecule has 0 spiro atoms. The molecule has 0 aliphatic carbocycles. The number of hydrogen-bond donors (Lipinski definition) is 12. The van der Waals surface area contributed by atoms with Crippen LogP contribution in [0.1, 0.15) is 156 Å². The van der Waals surface area contributed by atoms with Gasteiger partial charge < -0.3 is 65.3 Å². The molecule has 1 saturated heterocycles. The van der Waals surface area contributed by atoms with Crippen molar-refractivity contribution in [2.24, 2.45) is 46.6 Å². The standard InChI is InChI=1S/C55H95N11O10/c1-6-7-8-9-10-11-15-18-40(67)34-49(70)61-41(19-24-56)47(68)32-38-23-28-60-52(73)45(29-35(2)3)66-54(75)44(22-27-59)63-53(74)43(21-26-58)64-55(76)46(30-36(4)5)65-51(72)39(31-37-16-13-12-14-17-37)33-48(69)42(20-25-57)62-50(38)71/h12-14,16-17,35-36,38-46,67H,6-11,15,18-34,56-59H2,1-5H3,(H,60,73)(H,61,70)(H,62,71)(H,63,74)(H,64,76)(H,65,72)(H,66,75)/t38-,39+,40?,41-,42+,43+,44+,45+,46+/m1/s1.